The number of hydrogen-bond acceptors (Lipinski definition) is 3. The fourth-order valence-corrected chi connectivity index (χ4v) is 1.95. The van der Waals surface area contributed by atoms with Crippen molar-refractivity contribution in [2.75, 3.05) is 5.32 Å². The molecule has 2 aromatic heterocycles. The summed E-state index contributed by atoms with van der Waals surface area (Å²) in [6, 6.07) is 12.5. The molecule has 0 spiro atoms. The van der Waals surface area contributed by atoms with Crippen LogP contribution in [0, 0.1) is 13.8 Å². The zero-order valence-electron chi connectivity index (χ0n) is 11.1. The third-order valence-electron chi connectivity index (χ3n) is 3.05. The Balaban J connectivity index is 1.76. The minimum Gasteiger partial charge on any atom is -0.349 e. The number of nitrogens with one attached hydrogen (secondary N) is 1. The van der Waals surface area contributed by atoms with Gasteiger partial charge in [-0.25, -0.2) is 4.52 Å². The van der Waals surface area contributed by atoms with Gasteiger partial charge in [0.2, 0.25) is 5.95 Å². The fourth-order valence-electron chi connectivity index (χ4n) is 1.95. The fraction of sp³-hybridized carbons (Fsp3) is 0.200. The molecule has 0 aliphatic carbocycles. The molecule has 0 atom stereocenters. The topological polar surface area (TPSA) is 42.2 Å². The van der Waals surface area contributed by atoms with Crippen LogP contribution in [0.1, 0.15) is 16.7 Å². The van der Waals surface area contributed by atoms with Crippen molar-refractivity contribution >= 4 is 11.6 Å². The van der Waals surface area contributed by atoms with E-state index in [4.69, 9.17) is 0 Å². The lowest BCUT2D eigenvalue weighted by atomic mass is 10.1. The van der Waals surface area contributed by atoms with E-state index in [-0.39, 0.29) is 0 Å². The Morgan fingerprint density at radius 3 is 2.53 bits per heavy atom. The zero-order chi connectivity index (χ0) is 13.2. The van der Waals surface area contributed by atoms with E-state index in [0.717, 1.165) is 12.2 Å². The Morgan fingerprint density at radius 1 is 1.00 bits per heavy atom. The van der Waals surface area contributed by atoms with Crippen LogP contribution in [-0.4, -0.2) is 14.6 Å². The lowest BCUT2D eigenvalue weighted by molar-refractivity contribution is 0.942. The van der Waals surface area contributed by atoms with E-state index in [9.17, 15) is 0 Å². The van der Waals surface area contributed by atoms with Gasteiger partial charge >= 0.3 is 0 Å². The van der Waals surface area contributed by atoms with Gasteiger partial charge in [-0.3, -0.25) is 0 Å². The first kappa shape index (κ1) is 11.7. The molecule has 2 heterocycles. The van der Waals surface area contributed by atoms with Crippen molar-refractivity contribution in [3.63, 3.8) is 0 Å². The van der Waals surface area contributed by atoms with Crippen LogP contribution in [0.3, 0.4) is 0 Å². The summed E-state index contributed by atoms with van der Waals surface area (Å²) in [5.74, 6) is 0.658. The van der Waals surface area contributed by atoms with Gasteiger partial charge in [-0.05, 0) is 31.0 Å². The van der Waals surface area contributed by atoms with Crippen molar-refractivity contribution in [2.45, 2.75) is 20.4 Å². The molecule has 4 nitrogen and oxygen atoms in total. The van der Waals surface area contributed by atoms with Gasteiger partial charge in [-0.15, -0.1) is 5.10 Å². The highest BCUT2D eigenvalue weighted by Gasteiger charge is 2.02. The van der Waals surface area contributed by atoms with Crippen molar-refractivity contribution in [3.05, 3.63) is 59.3 Å². The number of nitrogens with zero attached hydrogens (tertiary/aromatic N) is 3. The van der Waals surface area contributed by atoms with Gasteiger partial charge in [0.05, 0.1) is 0 Å². The maximum Gasteiger partial charge on any atom is 0.243 e. The molecule has 1 aromatic carbocycles. The first-order chi connectivity index (χ1) is 9.20. The van der Waals surface area contributed by atoms with E-state index in [1.54, 1.807) is 4.52 Å². The molecule has 0 unspecified atom stereocenters. The van der Waals surface area contributed by atoms with Gasteiger partial charge in [0, 0.05) is 12.7 Å². The molecule has 0 aliphatic rings. The average molecular weight is 252 g/mol. The summed E-state index contributed by atoms with van der Waals surface area (Å²) in [5, 5.41) is 7.65. The van der Waals surface area contributed by atoms with E-state index in [1.807, 2.05) is 25.3 Å². The normalized spacial score (nSPS) is 10.8. The lowest BCUT2D eigenvalue weighted by Gasteiger charge is -2.02. The molecular weight excluding hydrogens is 236 g/mol. The summed E-state index contributed by atoms with van der Waals surface area (Å²) in [7, 11) is 0. The van der Waals surface area contributed by atoms with E-state index < -0.39 is 0 Å². The number of aromatic nitrogens is 3. The Bertz CT molecular complexity index is 698. The van der Waals surface area contributed by atoms with Crippen molar-refractivity contribution in [1.29, 1.82) is 0 Å². The van der Waals surface area contributed by atoms with Crippen molar-refractivity contribution in [1.82, 2.24) is 14.6 Å². The third kappa shape index (κ3) is 2.57. The van der Waals surface area contributed by atoms with Gasteiger partial charge in [-0.2, -0.15) is 4.98 Å². The number of fused-ring (bicyclic) bond motifs is 1. The Hall–Kier alpha value is -2.36. The highest BCUT2D eigenvalue weighted by atomic mass is 15.3. The average Bonchev–Trinajstić information content (AvgIpc) is 2.80. The van der Waals surface area contributed by atoms with Crippen molar-refractivity contribution in [2.24, 2.45) is 0 Å². The minimum absolute atomic E-state index is 0.658. The Kier molecular flexibility index (Phi) is 2.91. The molecule has 0 saturated heterocycles. The maximum absolute atomic E-state index is 4.43. The summed E-state index contributed by atoms with van der Waals surface area (Å²) in [4.78, 5) is 4.43. The molecule has 0 radical (unpaired) electrons. The second kappa shape index (κ2) is 4.72. The molecule has 0 fully saturated rings. The molecule has 0 bridgehead atoms. The number of anilines is 1. The van der Waals surface area contributed by atoms with Crippen LogP contribution in [0.25, 0.3) is 5.65 Å². The number of hydrogen-bond donors (Lipinski definition) is 1. The highest BCUT2D eigenvalue weighted by Crippen LogP contribution is 2.09. The number of pyridine rings is 1. The predicted molar refractivity (Wildman–Crippen MR) is 76.2 cm³/mol. The van der Waals surface area contributed by atoms with E-state index in [0.29, 0.717) is 5.95 Å². The Labute approximate surface area is 112 Å². The van der Waals surface area contributed by atoms with Crippen LogP contribution in [-0.2, 0) is 6.54 Å². The number of aryl methyl sites for hydroxylation is 2. The van der Waals surface area contributed by atoms with Crippen LogP contribution < -0.4 is 5.32 Å². The summed E-state index contributed by atoms with van der Waals surface area (Å²) >= 11 is 0. The van der Waals surface area contributed by atoms with Crippen LogP contribution in [0.4, 0.5) is 5.95 Å². The first-order valence-corrected chi connectivity index (χ1v) is 6.33. The minimum atomic E-state index is 0.658. The molecule has 4 heteroatoms. The lowest BCUT2D eigenvalue weighted by Crippen LogP contribution is -2.01. The summed E-state index contributed by atoms with van der Waals surface area (Å²) in [6.45, 7) is 4.86. The molecule has 0 saturated carbocycles. The van der Waals surface area contributed by atoms with E-state index >= 15 is 0 Å². The van der Waals surface area contributed by atoms with Crippen LogP contribution in [0.15, 0.2) is 42.6 Å². The number of benzene rings is 1. The second-order valence-electron chi connectivity index (χ2n) is 4.78. The molecular formula is C15H16N4. The molecule has 3 rings (SSSR count). The van der Waals surface area contributed by atoms with Gasteiger partial charge in [0.25, 0.3) is 0 Å². The standard InChI is InChI=1S/C15H16N4/c1-11-3-6-13(7-4-11)9-16-15-17-14-8-5-12(2)10-19(14)18-15/h3-8,10H,9H2,1-2H3,(H,16,18). The van der Waals surface area contributed by atoms with Crippen LogP contribution in [0.2, 0.25) is 0 Å². The quantitative estimate of drug-likeness (QED) is 0.779. The monoisotopic (exact) mass is 252 g/mol. The van der Waals surface area contributed by atoms with Gasteiger partial charge in [0.15, 0.2) is 5.65 Å². The number of rotatable bonds is 3. The first-order valence-electron chi connectivity index (χ1n) is 6.33. The van der Waals surface area contributed by atoms with E-state index in [2.05, 4.69) is 46.6 Å². The summed E-state index contributed by atoms with van der Waals surface area (Å²) in [6.07, 6.45) is 1.97. The Morgan fingerprint density at radius 2 is 1.74 bits per heavy atom. The predicted octanol–water partition coefficient (Wildman–Crippen LogP) is 2.96. The molecule has 96 valence electrons. The second-order valence-corrected chi connectivity index (χ2v) is 4.78. The van der Waals surface area contributed by atoms with Gasteiger partial charge in [-0.1, -0.05) is 35.9 Å². The molecule has 0 amide bonds. The van der Waals surface area contributed by atoms with Crippen molar-refractivity contribution < 1.29 is 0 Å². The molecule has 0 aliphatic heterocycles. The third-order valence-corrected chi connectivity index (χ3v) is 3.05. The smallest absolute Gasteiger partial charge is 0.243 e. The molecule has 3 aromatic rings. The largest absolute Gasteiger partial charge is 0.349 e. The zero-order valence-corrected chi connectivity index (χ0v) is 11.1. The van der Waals surface area contributed by atoms with Crippen LogP contribution in [0.5, 0.6) is 0 Å². The molecule has 1 N–H and O–H groups in total. The SMILES string of the molecule is Cc1ccc(CNc2nc3ccc(C)cn3n2)cc1. The molecule has 19 heavy (non-hydrogen) atoms. The summed E-state index contributed by atoms with van der Waals surface area (Å²) < 4.78 is 1.80. The van der Waals surface area contributed by atoms with Crippen LogP contribution >= 0.6 is 0 Å². The highest BCUT2D eigenvalue weighted by molar-refractivity contribution is 5.44. The van der Waals surface area contributed by atoms with Gasteiger partial charge in [0.1, 0.15) is 0 Å². The summed E-state index contributed by atoms with van der Waals surface area (Å²) in [5.41, 5.74) is 4.52. The van der Waals surface area contributed by atoms with Gasteiger partial charge < -0.3 is 5.32 Å². The van der Waals surface area contributed by atoms with Crippen molar-refractivity contribution in [3.8, 4) is 0 Å². The van der Waals surface area contributed by atoms with E-state index in [1.165, 1.54) is 16.7 Å². The maximum atomic E-state index is 4.43.